The molecule has 1 unspecified atom stereocenters. The number of benzene rings is 2. The number of para-hydroxylation sites is 1. The molecule has 0 spiro atoms. The van der Waals surface area contributed by atoms with E-state index < -0.39 is 0 Å². The van der Waals surface area contributed by atoms with Crippen molar-refractivity contribution in [2.45, 2.75) is 19.4 Å². The second-order valence-electron chi connectivity index (χ2n) is 4.77. The van der Waals surface area contributed by atoms with E-state index in [9.17, 15) is 4.39 Å². The van der Waals surface area contributed by atoms with Gasteiger partial charge in [0.25, 0.3) is 0 Å². The van der Waals surface area contributed by atoms with Gasteiger partial charge in [0.1, 0.15) is 11.6 Å². The van der Waals surface area contributed by atoms with Gasteiger partial charge in [0.2, 0.25) is 0 Å². The summed E-state index contributed by atoms with van der Waals surface area (Å²) in [5, 5.41) is 3.18. The monoisotopic (exact) mass is 351 g/mol. The molecule has 2 aromatic carbocycles. The third kappa shape index (κ3) is 3.83. The Morgan fingerprint density at radius 1 is 1.19 bits per heavy atom. The summed E-state index contributed by atoms with van der Waals surface area (Å²) in [4.78, 5) is 0. The molecule has 1 N–H and O–H groups in total. The number of hydrogen-bond acceptors (Lipinski definition) is 2. The predicted octanol–water partition coefficient (Wildman–Crippen LogP) is 4.69. The van der Waals surface area contributed by atoms with E-state index in [2.05, 4.69) is 28.2 Å². The summed E-state index contributed by atoms with van der Waals surface area (Å²) < 4.78 is 20.8. The van der Waals surface area contributed by atoms with Crippen molar-refractivity contribution in [2.24, 2.45) is 0 Å². The summed E-state index contributed by atoms with van der Waals surface area (Å²) >= 11 is 3.29. The fourth-order valence-corrected chi connectivity index (χ4v) is 2.61. The fourth-order valence-electron chi connectivity index (χ4n) is 2.28. The Kier molecular flexibility index (Phi) is 5.76. The van der Waals surface area contributed by atoms with Crippen molar-refractivity contribution >= 4 is 15.9 Å². The Morgan fingerprint density at radius 2 is 1.95 bits per heavy atom. The van der Waals surface area contributed by atoms with E-state index >= 15 is 0 Å². The van der Waals surface area contributed by atoms with E-state index in [0.717, 1.165) is 22.2 Å². The van der Waals surface area contributed by atoms with E-state index in [0.29, 0.717) is 12.2 Å². The van der Waals surface area contributed by atoms with E-state index in [-0.39, 0.29) is 11.9 Å². The molecule has 0 aromatic heterocycles. The van der Waals surface area contributed by atoms with Gasteiger partial charge in [-0.15, -0.1) is 0 Å². The topological polar surface area (TPSA) is 21.3 Å². The van der Waals surface area contributed by atoms with Crippen molar-refractivity contribution in [1.29, 1.82) is 0 Å². The molecule has 0 aliphatic rings. The van der Waals surface area contributed by atoms with Crippen LogP contribution in [-0.2, 0) is 0 Å². The zero-order valence-corrected chi connectivity index (χ0v) is 13.8. The van der Waals surface area contributed by atoms with Crippen LogP contribution in [0.1, 0.15) is 30.5 Å². The standard InChI is InChI=1S/C17H19BrFNO/c1-3-10-21-16-7-5-4-6-14(16)17(20-2)13-9-8-12(18)11-15(13)19/h4-9,11,17,20H,3,10H2,1-2H3. The molecule has 2 rings (SSSR count). The molecule has 0 saturated carbocycles. The van der Waals surface area contributed by atoms with Crippen LogP contribution in [0.25, 0.3) is 0 Å². The number of rotatable bonds is 6. The number of halogens is 2. The minimum atomic E-state index is -0.244. The van der Waals surface area contributed by atoms with Crippen LogP contribution in [0.5, 0.6) is 5.75 Å². The zero-order chi connectivity index (χ0) is 15.2. The SMILES string of the molecule is CCCOc1ccccc1C(NC)c1ccc(Br)cc1F. The fraction of sp³-hybridized carbons (Fsp3) is 0.294. The van der Waals surface area contributed by atoms with Crippen LogP contribution in [0.15, 0.2) is 46.9 Å². The maximum absolute atomic E-state index is 14.2. The molecule has 0 amide bonds. The largest absolute Gasteiger partial charge is 0.493 e. The molecule has 4 heteroatoms. The van der Waals surface area contributed by atoms with Crippen LogP contribution >= 0.6 is 15.9 Å². The first-order chi connectivity index (χ1) is 10.2. The first kappa shape index (κ1) is 16.0. The number of ether oxygens (including phenoxy) is 1. The molecule has 21 heavy (non-hydrogen) atoms. The van der Waals surface area contributed by atoms with Crippen LogP contribution in [0, 0.1) is 5.82 Å². The summed E-state index contributed by atoms with van der Waals surface area (Å²) in [7, 11) is 1.82. The number of hydrogen-bond donors (Lipinski definition) is 1. The van der Waals surface area contributed by atoms with E-state index in [1.807, 2.05) is 37.4 Å². The first-order valence-electron chi connectivity index (χ1n) is 7.01. The average molecular weight is 352 g/mol. The Balaban J connectivity index is 2.41. The molecular formula is C17H19BrFNO. The molecule has 112 valence electrons. The highest BCUT2D eigenvalue weighted by Gasteiger charge is 2.19. The maximum atomic E-state index is 14.2. The van der Waals surface area contributed by atoms with Crippen molar-refractivity contribution < 1.29 is 9.13 Å². The van der Waals surface area contributed by atoms with Gasteiger partial charge in [-0.25, -0.2) is 4.39 Å². The molecule has 0 fully saturated rings. The van der Waals surface area contributed by atoms with Crippen molar-refractivity contribution in [2.75, 3.05) is 13.7 Å². The smallest absolute Gasteiger partial charge is 0.129 e. The Morgan fingerprint density at radius 3 is 2.62 bits per heavy atom. The molecule has 0 bridgehead atoms. The van der Waals surface area contributed by atoms with Gasteiger partial charge in [0.15, 0.2) is 0 Å². The Labute approximate surface area is 133 Å². The van der Waals surface area contributed by atoms with Gasteiger partial charge in [-0.1, -0.05) is 47.1 Å². The third-order valence-corrected chi connectivity index (χ3v) is 3.75. The lowest BCUT2D eigenvalue weighted by Crippen LogP contribution is -2.20. The first-order valence-corrected chi connectivity index (χ1v) is 7.80. The van der Waals surface area contributed by atoms with Gasteiger partial charge >= 0.3 is 0 Å². The maximum Gasteiger partial charge on any atom is 0.129 e. The van der Waals surface area contributed by atoms with Gasteiger partial charge in [0.05, 0.1) is 12.6 Å². The molecule has 0 heterocycles. The summed E-state index contributed by atoms with van der Waals surface area (Å²) in [6.07, 6.45) is 0.936. The van der Waals surface area contributed by atoms with Crippen LogP contribution in [-0.4, -0.2) is 13.7 Å². The van der Waals surface area contributed by atoms with Gasteiger partial charge in [0, 0.05) is 15.6 Å². The van der Waals surface area contributed by atoms with Gasteiger partial charge < -0.3 is 10.1 Å². The highest BCUT2D eigenvalue weighted by Crippen LogP contribution is 2.32. The van der Waals surface area contributed by atoms with Crippen LogP contribution < -0.4 is 10.1 Å². The van der Waals surface area contributed by atoms with Crippen LogP contribution in [0.4, 0.5) is 4.39 Å². The third-order valence-electron chi connectivity index (χ3n) is 3.25. The summed E-state index contributed by atoms with van der Waals surface area (Å²) in [5.74, 6) is 0.551. The van der Waals surface area contributed by atoms with E-state index in [1.165, 1.54) is 6.07 Å². The van der Waals surface area contributed by atoms with Gasteiger partial charge in [-0.3, -0.25) is 0 Å². The average Bonchev–Trinajstić information content (AvgIpc) is 2.49. The predicted molar refractivity (Wildman–Crippen MR) is 87.2 cm³/mol. The van der Waals surface area contributed by atoms with E-state index in [1.54, 1.807) is 6.07 Å². The summed E-state index contributed by atoms with van der Waals surface area (Å²) in [6, 6.07) is 12.6. The lowest BCUT2D eigenvalue weighted by Gasteiger charge is -2.21. The lowest BCUT2D eigenvalue weighted by molar-refractivity contribution is 0.312. The highest BCUT2D eigenvalue weighted by molar-refractivity contribution is 9.10. The molecule has 2 nitrogen and oxygen atoms in total. The summed E-state index contributed by atoms with van der Waals surface area (Å²) in [6.45, 7) is 2.71. The van der Waals surface area contributed by atoms with Crippen molar-refractivity contribution in [3.63, 3.8) is 0 Å². The molecule has 1 atom stereocenters. The van der Waals surface area contributed by atoms with Crippen LogP contribution in [0.2, 0.25) is 0 Å². The second-order valence-corrected chi connectivity index (χ2v) is 5.69. The molecule has 0 saturated heterocycles. The number of nitrogens with one attached hydrogen (secondary N) is 1. The van der Waals surface area contributed by atoms with Crippen molar-refractivity contribution in [1.82, 2.24) is 5.32 Å². The molecule has 0 aliphatic carbocycles. The van der Waals surface area contributed by atoms with E-state index in [4.69, 9.17) is 4.74 Å². The zero-order valence-electron chi connectivity index (χ0n) is 12.2. The quantitative estimate of drug-likeness (QED) is 0.815. The molecule has 2 aromatic rings. The highest BCUT2D eigenvalue weighted by atomic mass is 79.9. The lowest BCUT2D eigenvalue weighted by atomic mass is 9.97. The molecular weight excluding hydrogens is 333 g/mol. The molecule has 0 aliphatic heterocycles. The van der Waals surface area contributed by atoms with Crippen molar-refractivity contribution in [3.05, 3.63) is 63.9 Å². The van der Waals surface area contributed by atoms with Crippen molar-refractivity contribution in [3.8, 4) is 5.75 Å². The minimum absolute atomic E-state index is 0.242. The second kappa shape index (κ2) is 7.57. The van der Waals surface area contributed by atoms with Crippen LogP contribution in [0.3, 0.4) is 0 Å². The Hall–Kier alpha value is -1.39. The minimum Gasteiger partial charge on any atom is -0.493 e. The molecule has 0 radical (unpaired) electrons. The summed E-state index contributed by atoms with van der Waals surface area (Å²) in [5.41, 5.74) is 1.54. The Bertz CT molecular complexity index is 603. The van der Waals surface area contributed by atoms with Gasteiger partial charge in [-0.2, -0.15) is 0 Å². The van der Waals surface area contributed by atoms with Gasteiger partial charge in [-0.05, 0) is 31.7 Å². The normalized spacial score (nSPS) is 12.2.